The van der Waals surface area contributed by atoms with E-state index in [1.807, 2.05) is 0 Å². The van der Waals surface area contributed by atoms with Crippen molar-refractivity contribution < 1.29 is 8.78 Å². The normalized spacial score (nSPS) is 19.1. The molecule has 1 aliphatic rings. The highest BCUT2D eigenvalue weighted by Crippen LogP contribution is 2.54. The minimum atomic E-state index is -2.36. The first-order valence-corrected chi connectivity index (χ1v) is 8.81. The van der Waals surface area contributed by atoms with Crippen LogP contribution < -0.4 is 0 Å². The molecule has 0 amide bonds. The SMILES string of the molecule is CCCCCCC(C)(CCCCCC)C1CC(F)(F)C1. The van der Waals surface area contributed by atoms with E-state index in [-0.39, 0.29) is 24.2 Å². The van der Waals surface area contributed by atoms with Gasteiger partial charge in [0.1, 0.15) is 0 Å². The summed E-state index contributed by atoms with van der Waals surface area (Å²) in [7, 11) is 0. The topological polar surface area (TPSA) is 0 Å². The Hall–Kier alpha value is -0.140. The van der Waals surface area contributed by atoms with Crippen LogP contribution in [0.5, 0.6) is 0 Å². The lowest BCUT2D eigenvalue weighted by molar-refractivity contribution is -0.148. The molecule has 20 heavy (non-hydrogen) atoms. The predicted octanol–water partition coefficient (Wildman–Crippen LogP) is 6.98. The van der Waals surface area contributed by atoms with Gasteiger partial charge in [-0.3, -0.25) is 0 Å². The fourth-order valence-corrected chi connectivity index (χ4v) is 3.60. The van der Waals surface area contributed by atoms with Crippen molar-refractivity contribution in [3.63, 3.8) is 0 Å². The third-order valence-corrected chi connectivity index (χ3v) is 5.28. The summed E-state index contributed by atoms with van der Waals surface area (Å²) in [5.41, 5.74) is 0.170. The second-order valence-electron chi connectivity index (χ2n) is 7.24. The highest BCUT2D eigenvalue weighted by Gasteiger charge is 2.52. The van der Waals surface area contributed by atoms with Crippen LogP contribution in [-0.2, 0) is 0 Å². The van der Waals surface area contributed by atoms with Crippen LogP contribution in [0.25, 0.3) is 0 Å². The fraction of sp³-hybridized carbons (Fsp3) is 1.00. The van der Waals surface area contributed by atoms with E-state index in [1.54, 1.807) is 0 Å². The summed E-state index contributed by atoms with van der Waals surface area (Å²) >= 11 is 0. The van der Waals surface area contributed by atoms with Gasteiger partial charge in [0.25, 0.3) is 0 Å². The van der Waals surface area contributed by atoms with Gasteiger partial charge in [0.2, 0.25) is 5.92 Å². The molecule has 1 saturated carbocycles. The molecule has 0 aromatic carbocycles. The summed E-state index contributed by atoms with van der Waals surface area (Å²) in [5, 5.41) is 0. The Morgan fingerprint density at radius 3 is 1.65 bits per heavy atom. The maximum absolute atomic E-state index is 13.2. The predicted molar refractivity (Wildman–Crippen MR) is 83.3 cm³/mol. The van der Waals surface area contributed by atoms with Crippen LogP contribution in [0, 0.1) is 11.3 Å². The summed E-state index contributed by atoms with van der Waals surface area (Å²) in [5.74, 6) is -2.10. The summed E-state index contributed by atoms with van der Waals surface area (Å²) in [4.78, 5) is 0. The number of rotatable bonds is 11. The van der Waals surface area contributed by atoms with Gasteiger partial charge in [-0.1, -0.05) is 72.1 Å². The van der Waals surface area contributed by atoms with Gasteiger partial charge >= 0.3 is 0 Å². The minimum absolute atomic E-state index is 0.144. The molecule has 0 aromatic rings. The summed E-state index contributed by atoms with van der Waals surface area (Å²) < 4.78 is 26.4. The second kappa shape index (κ2) is 8.34. The van der Waals surface area contributed by atoms with E-state index >= 15 is 0 Å². The number of alkyl halides is 2. The molecule has 1 aliphatic carbocycles. The van der Waals surface area contributed by atoms with Crippen LogP contribution in [0.1, 0.15) is 97.8 Å². The number of unbranched alkanes of at least 4 members (excludes halogenated alkanes) is 6. The Morgan fingerprint density at radius 2 is 1.30 bits per heavy atom. The molecule has 0 nitrogen and oxygen atoms in total. The summed E-state index contributed by atoms with van der Waals surface area (Å²) in [6, 6.07) is 0. The van der Waals surface area contributed by atoms with Crippen molar-refractivity contribution >= 4 is 0 Å². The Morgan fingerprint density at radius 1 is 0.850 bits per heavy atom. The van der Waals surface area contributed by atoms with Crippen molar-refractivity contribution in [2.75, 3.05) is 0 Å². The quantitative estimate of drug-likeness (QED) is 0.360. The Labute approximate surface area is 124 Å². The van der Waals surface area contributed by atoms with E-state index in [0.717, 1.165) is 12.8 Å². The van der Waals surface area contributed by atoms with Gasteiger partial charge < -0.3 is 0 Å². The van der Waals surface area contributed by atoms with Crippen molar-refractivity contribution in [3.05, 3.63) is 0 Å². The lowest BCUT2D eigenvalue weighted by Crippen LogP contribution is -2.44. The number of halogens is 2. The van der Waals surface area contributed by atoms with Crippen LogP contribution in [0.4, 0.5) is 8.78 Å². The molecule has 0 aliphatic heterocycles. The molecule has 0 radical (unpaired) electrons. The van der Waals surface area contributed by atoms with E-state index in [4.69, 9.17) is 0 Å². The molecule has 1 rings (SSSR count). The van der Waals surface area contributed by atoms with Crippen molar-refractivity contribution in [2.24, 2.45) is 11.3 Å². The molecule has 0 heterocycles. The summed E-state index contributed by atoms with van der Waals surface area (Å²) in [6.45, 7) is 6.72. The van der Waals surface area contributed by atoms with Crippen molar-refractivity contribution in [1.29, 1.82) is 0 Å². The van der Waals surface area contributed by atoms with Crippen LogP contribution >= 0.6 is 0 Å². The monoisotopic (exact) mass is 288 g/mol. The molecule has 0 aromatic heterocycles. The van der Waals surface area contributed by atoms with Gasteiger partial charge in [0.05, 0.1) is 0 Å². The van der Waals surface area contributed by atoms with E-state index in [2.05, 4.69) is 20.8 Å². The molecule has 0 saturated heterocycles. The van der Waals surface area contributed by atoms with Gasteiger partial charge in [0.15, 0.2) is 0 Å². The molecular weight excluding hydrogens is 254 g/mol. The minimum Gasteiger partial charge on any atom is -0.207 e. The van der Waals surface area contributed by atoms with Crippen LogP contribution in [-0.4, -0.2) is 5.92 Å². The van der Waals surface area contributed by atoms with Crippen molar-refractivity contribution in [3.8, 4) is 0 Å². The van der Waals surface area contributed by atoms with Crippen LogP contribution in [0.2, 0.25) is 0 Å². The molecule has 0 spiro atoms. The van der Waals surface area contributed by atoms with Crippen molar-refractivity contribution in [1.82, 2.24) is 0 Å². The lowest BCUT2D eigenvalue weighted by atomic mass is 9.60. The molecule has 0 atom stereocenters. The first-order chi connectivity index (χ1) is 9.43. The van der Waals surface area contributed by atoms with Gasteiger partial charge in [-0.2, -0.15) is 0 Å². The molecule has 0 bridgehead atoms. The molecule has 0 unspecified atom stereocenters. The van der Waals surface area contributed by atoms with E-state index in [9.17, 15) is 8.78 Å². The summed E-state index contributed by atoms with van der Waals surface area (Å²) in [6.07, 6.45) is 12.6. The maximum Gasteiger partial charge on any atom is 0.248 e. The zero-order valence-electron chi connectivity index (χ0n) is 13.8. The Balaban J connectivity index is 2.40. The first-order valence-electron chi connectivity index (χ1n) is 8.81. The largest absolute Gasteiger partial charge is 0.248 e. The Bertz CT molecular complexity index is 240. The first kappa shape index (κ1) is 17.9. The highest BCUT2D eigenvalue weighted by atomic mass is 19.3. The van der Waals surface area contributed by atoms with E-state index in [0.29, 0.717) is 0 Å². The number of hydrogen-bond acceptors (Lipinski definition) is 0. The zero-order valence-corrected chi connectivity index (χ0v) is 13.8. The second-order valence-corrected chi connectivity index (χ2v) is 7.24. The standard InChI is InChI=1S/C18H34F2/c1-4-6-8-10-12-17(3,13-11-9-7-5-2)16-14-18(19,20)15-16/h16H,4-15H2,1-3H3. The maximum atomic E-state index is 13.2. The van der Waals surface area contributed by atoms with Crippen LogP contribution in [0.3, 0.4) is 0 Å². The van der Waals surface area contributed by atoms with Gasteiger partial charge in [-0.15, -0.1) is 0 Å². The Kier molecular flexibility index (Phi) is 7.47. The highest BCUT2D eigenvalue weighted by molar-refractivity contribution is 4.96. The smallest absolute Gasteiger partial charge is 0.207 e. The lowest BCUT2D eigenvalue weighted by Gasteiger charge is -2.47. The average Bonchev–Trinajstić information content (AvgIpc) is 2.37. The van der Waals surface area contributed by atoms with E-state index < -0.39 is 5.92 Å². The molecule has 1 fully saturated rings. The zero-order chi connectivity index (χ0) is 15.1. The third kappa shape index (κ3) is 5.69. The van der Waals surface area contributed by atoms with Gasteiger partial charge in [0, 0.05) is 12.8 Å². The van der Waals surface area contributed by atoms with Crippen LogP contribution in [0.15, 0.2) is 0 Å². The van der Waals surface area contributed by atoms with Crippen molar-refractivity contribution in [2.45, 2.75) is 104 Å². The average molecular weight is 288 g/mol. The van der Waals surface area contributed by atoms with E-state index in [1.165, 1.54) is 51.4 Å². The third-order valence-electron chi connectivity index (χ3n) is 5.28. The van der Waals surface area contributed by atoms with Gasteiger partial charge in [-0.25, -0.2) is 8.78 Å². The molecule has 2 heteroatoms. The number of hydrogen-bond donors (Lipinski definition) is 0. The molecular formula is C18H34F2. The molecule has 120 valence electrons. The molecule has 0 N–H and O–H groups in total. The van der Waals surface area contributed by atoms with Gasteiger partial charge in [-0.05, 0) is 24.2 Å². The fourth-order valence-electron chi connectivity index (χ4n) is 3.60.